The quantitative estimate of drug-likeness (QED) is 0.809. The van der Waals surface area contributed by atoms with Crippen molar-refractivity contribution < 1.29 is 14.7 Å². The van der Waals surface area contributed by atoms with E-state index in [1.807, 2.05) is 17.7 Å². The minimum atomic E-state index is -0.916. The second-order valence-electron chi connectivity index (χ2n) is 3.75. The van der Waals surface area contributed by atoms with Crippen molar-refractivity contribution in [1.29, 1.82) is 0 Å². The number of aryl methyl sites for hydroxylation is 1. The summed E-state index contributed by atoms with van der Waals surface area (Å²) in [4.78, 5) is 22.1. The molecule has 0 saturated heterocycles. The van der Waals surface area contributed by atoms with Crippen LogP contribution in [0.2, 0.25) is 0 Å². The molecule has 1 aliphatic carbocycles. The third-order valence-electron chi connectivity index (χ3n) is 2.78. The number of Topliss-reactive ketones (excluding diaryl/α,β-unsaturated/α-hetero) is 1. The van der Waals surface area contributed by atoms with Gasteiger partial charge < -0.3 is 5.11 Å². The number of aliphatic carboxylic acids is 1. The van der Waals surface area contributed by atoms with E-state index in [0.717, 1.165) is 11.1 Å². The van der Waals surface area contributed by atoms with Crippen LogP contribution in [0.15, 0.2) is 10.8 Å². The fourth-order valence-corrected chi connectivity index (χ4v) is 2.88. The minimum absolute atomic E-state index is 0.0398. The van der Waals surface area contributed by atoms with E-state index < -0.39 is 11.4 Å². The third-order valence-corrected chi connectivity index (χ3v) is 3.64. The van der Waals surface area contributed by atoms with Crippen molar-refractivity contribution in [2.75, 3.05) is 0 Å². The molecule has 1 fully saturated rings. The van der Waals surface area contributed by atoms with Crippen molar-refractivity contribution >= 4 is 23.1 Å². The first-order chi connectivity index (χ1) is 6.56. The van der Waals surface area contributed by atoms with Gasteiger partial charge in [0, 0.05) is 12.8 Å². The molecule has 1 N–H and O–H groups in total. The van der Waals surface area contributed by atoms with Crippen LogP contribution in [0, 0.1) is 6.92 Å². The van der Waals surface area contributed by atoms with Crippen LogP contribution in [0.1, 0.15) is 24.0 Å². The van der Waals surface area contributed by atoms with E-state index in [0.29, 0.717) is 0 Å². The normalized spacial score (nSPS) is 19.1. The Bertz CT molecular complexity index is 397. The van der Waals surface area contributed by atoms with E-state index in [4.69, 9.17) is 5.11 Å². The molecule has 0 atom stereocenters. The summed E-state index contributed by atoms with van der Waals surface area (Å²) in [5.74, 6) is -0.836. The van der Waals surface area contributed by atoms with Gasteiger partial charge in [-0.3, -0.25) is 9.59 Å². The van der Waals surface area contributed by atoms with Crippen LogP contribution in [0.25, 0.3) is 0 Å². The maximum atomic E-state index is 11.2. The molecule has 0 spiro atoms. The Hall–Kier alpha value is -1.16. The van der Waals surface area contributed by atoms with Crippen LogP contribution < -0.4 is 0 Å². The van der Waals surface area contributed by atoms with Crippen LogP contribution in [-0.2, 0) is 15.0 Å². The van der Waals surface area contributed by atoms with Crippen LogP contribution in [-0.4, -0.2) is 16.9 Å². The van der Waals surface area contributed by atoms with Gasteiger partial charge in [0.15, 0.2) is 0 Å². The number of hydrogen-bond acceptors (Lipinski definition) is 3. The number of carboxylic acids is 1. The molecule has 2 rings (SSSR count). The zero-order chi connectivity index (χ0) is 10.3. The molecule has 14 heavy (non-hydrogen) atoms. The second kappa shape index (κ2) is 2.92. The molecule has 1 aromatic rings. The Kier molecular flexibility index (Phi) is 1.96. The summed E-state index contributed by atoms with van der Waals surface area (Å²) >= 11 is 1.49. The lowest BCUT2D eigenvalue weighted by Crippen LogP contribution is -2.48. The van der Waals surface area contributed by atoms with Gasteiger partial charge in [0.2, 0.25) is 0 Å². The van der Waals surface area contributed by atoms with Gasteiger partial charge in [-0.2, -0.15) is 11.3 Å². The molecule has 0 unspecified atom stereocenters. The molecule has 74 valence electrons. The lowest BCUT2D eigenvalue weighted by atomic mass is 9.63. The number of carbonyl (C=O) groups excluding carboxylic acids is 1. The van der Waals surface area contributed by atoms with Crippen molar-refractivity contribution in [2.45, 2.75) is 25.2 Å². The summed E-state index contributed by atoms with van der Waals surface area (Å²) in [6, 6.07) is 0. The lowest BCUT2D eigenvalue weighted by Gasteiger charge is -2.36. The van der Waals surface area contributed by atoms with Gasteiger partial charge >= 0.3 is 5.97 Å². The molecule has 0 amide bonds. The van der Waals surface area contributed by atoms with Crippen molar-refractivity contribution in [2.24, 2.45) is 0 Å². The van der Waals surface area contributed by atoms with E-state index >= 15 is 0 Å². The summed E-state index contributed by atoms with van der Waals surface area (Å²) in [5, 5.41) is 12.9. The second-order valence-corrected chi connectivity index (χ2v) is 4.49. The number of ketones is 1. The Morgan fingerprint density at radius 3 is 2.50 bits per heavy atom. The Labute approximate surface area is 85.4 Å². The first-order valence-corrected chi connectivity index (χ1v) is 5.29. The fourth-order valence-electron chi connectivity index (χ4n) is 1.93. The van der Waals surface area contributed by atoms with Crippen LogP contribution in [0.4, 0.5) is 0 Å². The highest BCUT2D eigenvalue weighted by molar-refractivity contribution is 7.08. The average molecular weight is 210 g/mol. The number of rotatable bonds is 2. The van der Waals surface area contributed by atoms with E-state index in [1.54, 1.807) is 0 Å². The van der Waals surface area contributed by atoms with Crippen molar-refractivity contribution in [3.63, 3.8) is 0 Å². The molecule has 1 aliphatic rings. The first-order valence-electron chi connectivity index (χ1n) is 4.34. The van der Waals surface area contributed by atoms with Gasteiger partial charge in [-0.15, -0.1) is 0 Å². The maximum Gasteiger partial charge on any atom is 0.315 e. The van der Waals surface area contributed by atoms with Crippen LogP contribution in [0.3, 0.4) is 0 Å². The smallest absolute Gasteiger partial charge is 0.315 e. The largest absolute Gasteiger partial charge is 0.481 e. The number of carboxylic acid groups (broad SMARTS) is 1. The van der Waals surface area contributed by atoms with E-state index in [-0.39, 0.29) is 18.6 Å². The average Bonchev–Trinajstić information content (AvgIpc) is 2.45. The predicted octanol–water partition coefficient (Wildman–Crippen LogP) is 1.74. The molecule has 1 heterocycles. The maximum absolute atomic E-state index is 11.2. The van der Waals surface area contributed by atoms with Crippen LogP contribution in [0.5, 0.6) is 0 Å². The topological polar surface area (TPSA) is 54.4 Å². The highest BCUT2D eigenvalue weighted by Gasteiger charge is 2.52. The highest BCUT2D eigenvalue weighted by Crippen LogP contribution is 2.43. The first kappa shape index (κ1) is 9.40. The summed E-state index contributed by atoms with van der Waals surface area (Å²) in [7, 11) is 0. The van der Waals surface area contributed by atoms with E-state index in [9.17, 15) is 9.59 Å². The van der Waals surface area contributed by atoms with Crippen molar-refractivity contribution in [1.82, 2.24) is 0 Å². The molecule has 1 saturated carbocycles. The summed E-state index contributed by atoms with van der Waals surface area (Å²) in [6.07, 6.45) is 0.305. The van der Waals surface area contributed by atoms with Crippen molar-refractivity contribution in [3.05, 3.63) is 21.9 Å². The van der Waals surface area contributed by atoms with Gasteiger partial charge in [-0.25, -0.2) is 0 Å². The van der Waals surface area contributed by atoms with Crippen molar-refractivity contribution in [3.8, 4) is 0 Å². The molecule has 0 aliphatic heterocycles. The Morgan fingerprint density at radius 2 is 2.14 bits per heavy atom. The molecule has 0 radical (unpaired) electrons. The van der Waals surface area contributed by atoms with Gasteiger partial charge in [-0.1, -0.05) is 0 Å². The fraction of sp³-hybridized carbons (Fsp3) is 0.400. The predicted molar refractivity (Wildman–Crippen MR) is 52.6 cm³/mol. The van der Waals surface area contributed by atoms with E-state index in [1.165, 1.54) is 11.3 Å². The lowest BCUT2D eigenvalue weighted by molar-refractivity contribution is -0.153. The number of carbonyl (C=O) groups is 2. The Morgan fingerprint density at radius 1 is 1.50 bits per heavy atom. The van der Waals surface area contributed by atoms with Crippen LogP contribution >= 0.6 is 11.3 Å². The summed E-state index contributed by atoms with van der Waals surface area (Å²) in [6.45, 7) is 1.89. The zero-order valence-corrected chi connectivity index (χ0v) is 8.56. The standard InChI is InChI=1S/C10H10O3S/c1-6-4-14-5-8(6)10(9(12)13)2-7(11)3-10/h4-5H,2-3H2,1H3,(H,12,13). The summed E-state index contributed by atoms with van der Waals surface area (Å²) < 4.78 is 0. The third kappa shape index (κ3) is 1.10. The molecular weight excluding hydrogens is 200 g/mol. The highest BCUT2D eigenvalue weighted by atomic mass is 32.1. The van der Waals surface area contributed by atoms with E-state index in [2.05, 4.69) is 0 Å². The number of hydrogen-bond donors (Lipinski definition) is 1. The Balaban J connectivity index is 2.44. The molecule has 1 aromatic heterocycles. The van der Waals surface area contributed by atoms with Gasteiger partial charge in [0.1, 0.15) is 11.2 Å². The van der Waals surface area contributed by atoms with Gasteiger partial charge in [0.05, 0.1) is 0 Å². The molecule has 0 aromatic carbocycles. The molecular formula is C10H10O3S. The zero-order valence-electron chi connectivity index (χ0n) is 7.74. The van der Waals surface area contributed by atoms with Gasteiger partial charge in [0.25, 0.3) is 0 Å². The molecule has 3 nitrogen and oxygen atoms in total. The number of thiophene rings is 1. The molecule has 0 bridgehead atoms. The monoisotopic (exact) mass is 210 g/mol. The SMILES string of the molecule is Cc1cscc1C1(C(=O)O)CC(=O)C1. The minimum Gasteiger partial charge on any atom is -0.481 e. The summed E-state index contributed by atoms with van der Waals surface area (Å²) in [5.41, 5.74) is 0.876. The molecule has 4 heteroatoms. The van der Waals surface area contributed by atoms with Gasteiger partial charge in [-0.05, 0) is 28.8 Å².